The van der Waals surface area contributed by atoms with Gasteiger partial charge in [0.05, 0.1) is 0 Å². The van der Waals surface area contributed by atoms with E-state index in [0.29, 0.717) is 0 Å². The fourth-order valence-corrected chi connectivity index (χ4v) is 0.504. The molecule has 1 N–H and O–H groups in total. The Morgan fingerprint density at radius 2 is 1.90 bits per heavy atom. The van der Waals surface area contributed by atoms with E-state index >= 15 is 0 Å². The largest absolute Gasteiger partial charge is 0.406 e. The summed E-state index contributed by atoms with van der Waals surface area (Å²) in [6.45, 7) is 0.208. The Hall–Kier alpha value is -0.320. The number of halogens is 4. The first-order valence-corrected chi connectivity index (χ1v) is 2.88. The number of nitrogens with one attached hydrogen (secondary N) is 1. The molecule has 0 heterocycles. The van der Waals surface area contributed by atoms with Crippen molar-refractivity contribution in [3.05, 3.63) is 0 Å². The third kappa shape index (κ3) is 3.00. The minimum atomic E-state index is -4.47. The lowest BCUT2D eigenvalue weighted by Gasteiger charge is -2.16. The van der Waals surface area contributed by atoms with Crippen molar-refractivity contribution in [3.63, 3.8) is 0 Å². The summed E-state index contributed by atoms with van der Waals surface area (Å²) in [5, 5.41) is 1.97. The minimum Gasteiger partial charge on any atom is -0.304 e. The first-order valence-electron chi connectivity index (χ1n) is 2.88. The molecule has 0 saturated carbocycles. The molecule has 10 heavy (non-hydrogen) atoms. The van der Waals surface area contributed by atoms with Crippen LogP contribution in [-0.4, -0.2) is 25.4 Å². The number of alkyl halides is 4. The van der Waals surface area contributed by atoms with Crippen LogP contribution in [-0.2, 0) is 0 Å². The van der Waals surface area contributed by atoms with Crippen molar-refractivity contribution in [2.45, 2.75) is 19.1 Å². The van der Waals surface area contributed by atoms with Gasteiger partial charge in [-0.1, -0.05) is 6.92 Å². The van der Waals surface area contributed by atoms with Crippen LogP contribution in [0.15, 0.2) is 0 Å². The van der Waals surface area contributed by atoms with Crippen molar-refractivity contribution < 1.29 is 17.6 Å². The minimum absolute atomic E-state index is 0.119. The first kappa shape index (κ1) is 9.68. The molecule has 1 atom stereocenters. The quantitative estimate of drug-likeness (QED) is 0.615. The first-order chi connectivity index (χ1) is 4.52. The summed E-state index contributed by atoms with van der Waals surface area (Å²) >= 11 is 0. The smallest absolute Gasteiger partial charge is 0.304 e. The Bertz CT molecular complexity index is 90.1. The SMILES string of the molecule is CCNC(CF)C(F)(F)F. The topological polar surface area (TPSA) is 12.0 Å². The Morgan fingerprint density at radius 1 is 1.40 bits per heavy atom. The molecule has 0 aromatic rings. The van der Waals surface area contributed by atoms with Crippen LogP contribution in [0.25, 0.3) is 0 Å². The summed E-state index contributed by atoms with van der Waals surface area (Å²) in [5.74, 6) is 0. The average Bonchev–Trinajstić information content (AvgIpc) is 1.80. The van der Waals surface area contributed by atoms with E-state index in [1.165, 1.54) is 6.92 Å². The molecular weight excluding hydrogens is 150 g/mol. The molecule has 62 valence electrons. The molecule has 0 aliphatic rings. The van der Waals surface area contributed by atoms with E-state index in [1.807, 2.05) is 5.32 Å². The Balaban J connectivity index is 3.81. The lowest BCUT2D eigenvalue weighted by Crippen LogP contribution is -2.43. The normalized spacial score (nSPS) is 15.3. The van der Waals surface area contributed by atoms with E-state index in [-0.39, 0.29) is 6.54 Å². The van der Waals surface area contributed by atoms with Crippen molar-refractivity contribution in [2.75, 3.05) is 13.2 Å². The van der Waals surface area contributed by atoms with Gasteiger partial charge >= 0.3 is 6.18 Å². The van der Waals surface area contributed by atoms with Gasteiger partial charge in [-0.2, -0.15) is 13.2 Å². The van der Waals surface area contributed by atoms with Crippen LogP contribution in [0.3, 0.4) is 0 Å². The molecule has 0 bridgehead atoms. The summed E-state index contributed by atoms with van der Waals surface area (Å²) in [6.07, 6.45) is -4.47. The number of hydrogen-bond donors (Lipinski definition) is 1. The van der Waals surface area contributed by atoms with Gasteiger partial charge in [0, 0.05) is 0 Å². The van der Waals surface area contributed by atoms with E-state index in [0.717, 1.165) is 0 Å². The van der Waals surface area contributed by atoms with E-state index in [2.05, 4.69) is 0 Å². The summed E-state index contributed by atoms with van der Waals surface area (Å²) in [4.78, 5) is 0. The van der Waals surface area contributed by atoms with Crippen molar-refractivity contribution in [1.82, 2.24) is 5.32 Å². The maximum atomic E-state index is 11.6. The molecule has 0 radical (unpaired) electrons. The Kier molecular flexibility index (Phi) is 3.63. The van der Waals surface area contributed by atoms with Gasteiger partial charge in [-0.15, -0.1) is 0 Å². The predicted molar refractivity (Wildman–Crippen MR) is 29.5 cm³/mol. The summed E-state index contributed by atoms with van der Waals surface area (Å²) in [5.41, 5.74) is 0. The third-order valence-corrected chi connectivity index (χ3v) is 1.000. The van der Waals surface area contributed by atoms with Crippen molar-refractivity contribution in [2.24, 2.45) is 0 Å². The van der Waals surface area contributed by atoms with Crippen LogP contribution < -0.4 is 5.32 Å². The monoisotopic (exact) mass is 159 g/mol. The summed E-state index contributed by atoms with van der Waals surface area (Å²) in [7, 11) is 0. The highest BCUT2D eigenvalue weighted by atomic mass is 19.4. The Morgan fingerprint density at radius 3 is 2.00 bits per heavy atom. The second kappa shape index (κ2) is 3.75. The molecule has 0 aromatic heterocycles. The van der Waals surface area contributed by atoms with E-state index in [1.54, 1.807) is 0 Å². The van der Waals surface area contributed by atoms with Crippen LogP contribution in [0.4, 0.5) is 17.6 Å². The molecule has 1 unspecified atom stereocenters. The molecule has 0 aliphatic heterocycles. The predicted octanol–water partition coefficient (Wildman–Crippen LogP) is 1.50. The van der Waals surface area contributed by atoms with Gasteiger partial charge in [-0.25, -0.2) is 4.39 Å². The van der Waals surface area contributed by atoms with E-state index < -0.39 is 18.9 Å². The summed E-state index contributed by atoms with van der Waals surface area (Å²) < 4.78 is 46.4. The second-order valence-electron chi connectivity index (χ2n) is 1.81. The number of rotatable bonds is 3. The highest BCUT2D eigenvalue weighted by Crippen LogP contribution is 2.19. The van der Waals surface area contributed by atoms with Crippen molar-refractivity contribution in [3.8, 4) is 0 Å². The third-order valence-electron chi connectivity index (χ3n) is 1.000. The maximum Gasteiger partial charge on any atom is 0.406 e. The van der Waals surface area contributed by atoms with Crippen molar-refractivity contribution in [1.29, 1.82) is 0 Å². The zero-order chi connectivity index (χ0) is 8.20. The van der Waals surface area contributed by atoms with E-state index in [9.17, 15) is 17.6 Å². The fourth-order valence-electron chi connectivity index (χ4n) is 0.504. The molecule has 0 rings (SSSR count). The molecule has 0 saturated heterocycles. The van der Waals surface area contributed by atoms with Crippen LogP contribution in [0.1, 0.15) is 6.92 Å². The molecular formula is C5H9F4N. The number of hydrogen-bond acceptors (Lipinski definition) is 1. The molecule has 5 heteroatoms. The zero-order valence-corrected chi connectivity index (χ0v) is 5.50. The average molecular weight is 159 g/mol. The summed E-state index contributed by atoms with van der Waals surface area (Å²) in [6, 6.07) is -2.00. The maximum absolute atomic E-state index is 11.6. The molecule has 0 spiro atoms. The molecule has 0 amide bonds. The van der Waals surface area contributed by atoms with Gasteiger partial charge in [-0.3, -0.25) is 0 Å². The van der Waals surface area contributed by atoms with Gasteiger partial charge in [0.2, 0.25) is 0 Å². The zero-order valence-electron chi connectivity index (χ0n) is 5.50. The van der Waals surface area contributed by atoms with Crippen LogP contribution in [0, 0.1) is 0 Å². The fraction of sp³-hybridized carbons (Fsp3) is 1.00. The van der Waals surface area contributed by atoms with Gasteiger partial charge in [0.15, 0.2) is 0 Å². The highest BCUT2D eigenvalue weighted by molar-refractivity contribution is 4.72. The molecule has 0 fully saturated rings. The van der Waals surface area contributed by atoms with Crippen LogP contribution in [0.2, 0.25) is 0 Å². The Labute approximate surface area is 56.4 Å². The van der Waals surface area contributed by atoms with Gasteiger partial charge in [-0.05, 0) is 6.54 Å². The molecule has 0 aliphatic carbocycles. The molecule has 1 nitrogen and oxygen atoms in total. The second-order valence-corrected chi connectivity index (χ2v) is 1.81. The van der Waals surface area contributed by atoms with Crippen LogP contribution in [0.5, 0.6) is 0 Å². The highest BCUT2D eigenvalue weighted by Gasteiger charge is 2.38. The van der Waals surface area contributed by atoms with E-state index in [4.69, 9.17) is 0 Å². The van der Waals surface area contributed by atoms with Crippen LogP contribution >= 0.6 is 0 Å². The standard InChI is InChI=1S/C5H9F4N/c1-2-10-4(3-6)5(7,8)9/h4,10H,2-3H2,1H3. The van der Waals surface area contributed by atoms with Gasteiger partial charge < -0.3 is 5.32 Å². The van der Waals surface area contributed by atoms with Gasteiger partial charge in [0.1, 0.15) is 12.7 Å². The lowest BCUT2D eigenvalue weighted by molar-refractivity contribution is -0.158. The lowest BCUT2D eigenvalue weighted by atomic mass is 10.3. The van der Waals surface area contributed by atoms with Crippen molar-refractivity contribution >= 4 is 0 Å². The molecule has 0 aromatic carbocycles. The van der Waals surface area contributed by atoms with Gasteiger partial charge in [0.25, 0.3) is 0 Å².